The van der Waals surface area contributed by atoms with Crippen LogP contribution in [0.15, 0.2) is 0 Å². The molecule has 1 amide bonds. The maximum atomic E-state index is 11.5. The summed E-state index contributed by atoms with van der Waals surface area (Å²) >= 11 is 0. The lowest BCUT2D eigenvalue weighted by Crippen LogP contribution is -2.48. The number of piperazine rings is 1. The fourth-order valence-electron chi connectivity index (χ4n) is 1.46. The maximum Gasteiger partial charge on any atom is 0.224 e. The third-order valence-corrected chi connectivity index (χ3v) is 2.35. The first kappa shape index (κ1) is 10.5. The second-order valence-electron chi connectivity index (χ2n) is 3.87. The van der Waals surface area contributed by atoms with Crippen molar-refractivity contribution in [1.82, 2.24) is 9.80 Å². The lowest BCUT2D eigenvalue weighted by molar-refractivity contribution is -0.133. The van der Waals surface area contributed by atoms with E-state index in [0.29, 0.717) is 6.42 Å². The molecule has 0 radical (unpaired) electrons. The summed E-state index contributed by atoms with van der Waals surface area (Å²) in [5, 5.41) is 0. The van der Waals surface area contributed by atoms with Crippen molar-refractivity contribution in [3.8, 4) is 0 Å². The van der Waals surface area contributed by atoms with Crippen LogP contribution in [0.2, 0.25) is 0 Å². The number of carbonyl (C=O) groups is 1. The summed E-state index contributed by atoms with van der Waals surface area (Å²) in [5.41, 5.74) is 5.57. The number of carbonyl (C=O) groups excluding carboxylic acids is 1. The zero-order chi connectivity index (χ0) is 9.84. The van der Waals surface area contributed by atoms with Gasteiger partial charge >= 0.3 is 0 Å². The molecule has 1 aliphatic heterocycles. The third kappa shape index (κ3) is 3.32. The van der Waals surface area contributed by atoms with E-state index in [9.17, 15) is 4.79 Å². The van der Waals surface area contributed by atoms with Gasteiger partial charge in [-0.3, -0.25) is 4.79 Å². The van der Waals surface area contributed by atoms with Crippen LogP contribution in [-0.4, -0.2) is 55.0 Å². The van der Waals surface area contributed by atoms with Gasteiger partial charge in [0, 0.05) is 38.6 Å². The molecular weight excluding hydrogens is 166 g/mol. The molecule has 0 spiro atoms. The van der Waals surface area contributed by atoms with E-state index in [-0.39, 0.29) is 11.9 Å². The largest absolute Gasteiger partial charge is 0.340 e. The maximum absolute atomic E-state index is 11.5. The average Bonchev–Trinajstić information content (AvgIpc) is 2.04. The van der Waals surface area contributed by atoms with Gasteiger partial charge < -0.3 is 15.5 Å². The Balaban J connectivity index is 2.31. The molecule has 1 atom stereocenters. The highest BCUT2D eigenvalue weighted by Gasteiger charge is 2.19. The molecule has 4 nitrogen and oxygen atoms in total. The van der Waals surface area contributed by atoms with Crippen molar-refractivity contribution < 1.29 is 4.79 Å². The van der Waals surface area contributed by atoms with Crippen molar-refractivity contribution in [3.63, 3.8) is 0 Å². The molecule has 0 bridgehead atoms. The first-order valence-electron chi connectivity index (χ1n) is 4.81. The molecule has 0 aliphatic carbocycles. The summed E-state index contributed by atoms with van der Waals surface area (Å²) in [5.74, 6) is 0.197. The van der Waals surface area contributed by atoms with Crippen LogP contribution in [0, 0.1) is 0 Å². The fourth-order valence-corrected chi connectivity index (χ4v) is 1.46. The van der Waals surface area contributed by atoms with E-state index in [1.54, 1.807) is 0 Å². The number of amides is 1. The van der Waals surface area contributed by atoms with Gasteiger partial charge in [0.25, 0.3) is 0 Å². The molecule has 1 rings (SSSR count). The minimum atomic E-state index is -0.0212. The normalized spacial score (nSPS) is 21.6. The number of likely N-dealkylation sites (N-methyl/N-ethyl adjacent to an activating group) is 1. The number of hydrogen-bond donors (Lipinski definition) is 1. The molecule has 0 aromatic heterocycles. The zero-order valence-electron chi connectivity index (χ0n) is 8.49. The summed E-state index contributed by atoms with van der Waals surface area (Å²) in [7, 11) is 2.08. The van der Waals surface area contributed by atoms with Crippen LogP contribution in [0.4, 0.5) is 0 Å². The third-order valence-electron chi connectivity index (χ3n) is 2.35. The van der Waals surface area contributed by atoms with Crippen molar-refractivity contribution in [2.75, 3.05) is 33.2 Å². The van der Waals surface area contributed by atoms with Gasteiger partial charge in [0.05, 0.1) is 0 Å². The zero-order valence-corrected chi connectivity index (χ0v) is 8.49. The Bertz CT molecular complexity index is 174. The quantitative estimate of drug-likeness (QED) is 0.631. The van der Waals surface area contributed by atoms with Crippen molar-refractivity contribution in [1.29, 1.82) is 0 Å². The van der Waals surface area contributed by atoms with E-state index in [1.807, 2.05) is 11.8 Å². The second-order valence-corrected chi connectivity index (χ2v) is 3.87. The smallest absolute Gasteiger partial charge is 0.224 e. The van der Waals surface area contributed by atoms with Crippen LogP contribution in [0.1, 0.15) is 13.3 Å². The molecule has 4 heteroatoms. The first-order valence-corrected chi connectivity index (χ1v) is 4.81. The fraction of sp³-hybridized carbons (Fsp3) is 0.889. The molecule has 1 fully saturated rings. The van der Waals surface area contributed by atoms with Gasteiger partial charge in [-0.15, -0.1) is 0 Å². The molecular formula is C9H19N3O. The van der Waals surface area contributed by atoms with Crippen LogP contribution >= 0.6 is 0 Å². The summed E-state index contributed by atoms with van der Waals surface area (Å²) < 4.78 is 0. The van der Waals surface area contributed by atoms with E-state index < -0.39 is 0 Å². The van der Waals surface area contributed by atoms with Gasteiger partial charge in [0.2, 0.25) is 5.91 Å². The Morgan fingerprint density at radius 2 is 1.92 bits per heavy atom. The number of hydrogen-bond acceptors (Lipinski definition) is 3. The Labute approximate surface area is 79.7 Å². The molecule has 1 saturated heterocycles. The molecule has 76 valence electrons. The van der Waals surface area contributed by atoms with Crippen molar-refractivity contribution in [2.45, 2.75) is 19.4 Å². The number of rotatable bonds is 2. The van der Waals surface area contributed by atoms with Crippen LogP contribution in [0.3, 0.4) is 0 Å². The van der Waals surface area contributed by atoms with Crippen LogP contribution < -0.4 is 5.73 Å². The van der Waals surface area contributed by atoms with Crippen LogP contribution in [-0.2, 0) is 4.79 Å². The van der Waals surface area contributed by atoms with Crippen LogP contribution in [0.5, 0.6) is 0 Å². The highest BCUT2D eigenvalue weighted by molar-refractivity contribution is 5.76. The van der Waals surface area contributed by atoms with Gasteiger partial charge in [-0.2, -0.15) is 0 Å². The summed E-state index contributed by atoms with van der Waals surface area (Å²) in [4.78, 5) is 15.7. The van der Waals surface area contributed by atoms with E-state index >= 15 is 0 Å². The Kier molecular flexibility index (Phi) is 3.69. The topological polar surface area (TPSA) is 49.6 Å². The molecule has 1 heterocycles. The molecule has 2 N–H and O–H groups in total. The predicted molar refractivity (Wildman–Crippen MR) is 52.3 cm³/mol. The minimum absolute atomic E-state index is 0.0212. The van der Waals surface area contributed by atoms with Gasteiger partial charge in [0.1, 0.15) is 0 Å². The van der Waals surface area contributed by atoms with Gasteiger partial charge in [-0.1, -0.05) is 0 Å². The Morgan fingerprint density at radius 1 is 1.38 bits per heavy atom. The first-order chi connectivity index (χ1) is 6.09. The lowest BCUT2D eigenvalue weighted by atomic mass is 10.2. The molecule has 0 saturated carbocycles. The lowest BCUT2D eigenvalue weighted by Gasteiger charge is -2.32. The minimum Gasteiger partial charge on any atom is -0.340 e. The van der Waals surface area contributed by atoms with E-state index in [1.165, 1.54) is 0 Å². The summed E-state index contributed by atoms with van der Waals surface area (Å²) in [6.45, 7) is 5.52. The molecule has 1 unspecified atom stereocenters. The van der Waals surface area contributed by atoms with Gasteiger partial charge in [0.15, 0.2) is 0 Å². The van der Waals surface area contributed by atoms with Crippen molar-refractivity contribution >= 4 is 5.91 Å². The standard InChI is InChI=1S/C9H19N3O/c1-8(10)7-9(13)12-5-3-11(2)4-6-12/h8H,3-7,10H2,1-2H3. The molecule has 13 heavy (non-hydrogen) atoms. The molecule has 0 aromatic rings. The van der Waals surface area contributed by atoms with E-state index in [4.69, 9.17) is 5.73 Å². The highest BCUT2D eigenvalue weighted by Crippen LogP contribution is 2.02. The second kappa shape index (κ2) is 4.58. The summed E-state index contributed by atoms with van der Waals surface area (Å²) in [6, 6.07) is -0.0212. The van der Waals surface area contributed by atoms with Gasteiger partial charge in [-0.05, 0) is 14.0 Å². The monoisotopic (exact) mass is 185 g/mol. The van der Waals surface area contributed by atoms with Crippen molar-refractivity contribution in [2.24, 2.45) is 5.73 Å². The Morgan fingerprint density at radius 3 is 2.38 bits per heavy atom. The SMILES string of the molecule is CC(N)CC(=O)N1CCN(C)CC1. The van der Waals surface area contributed by atoms with E-state index in [0.717, 1.165) is 26.2 Å². The highest BCUT2D eigenvalue weighted by atomic mass is 16.2. The molecule has 0 aromatic carbocycles. The Hall–Kier alpha value is -0.610. The average molecular weight is 185 g/mol. The molecule has 1 aliphatic rings. The van der Waals surface area contributed by atoms with Crippen molar-refractivity contribution in [3.05, 3.63) is 0 Å². The van der Waals surface area contributed by atoms with E-state index in [2.05, 4.69) is 11.9 Å². The van der Waals surface area contributed by atoms with Gasteiger partial charge in [-0.25, -0.2) is 0 Å². The predicted octanol–water partition coefficient (Wildman–Crippen LogP) is -0.502. The summed E-state index contributed by atoms with van der Waals surface area (Å²) in [6.07, 6.45) is 0.476. The van der Waals surface area contributed by atoms with Crippen LogP contribution in [0.25, 0.3) is 0 Å². The number of nitrogens with zero attached hydrogens (tertiary/aromatic N) is 2. The number of nitrogens with two attached hydrogens (primary N) is 1.